The van der Waals surface area contributed by atoms with E-state index in [0.717, 1.165) is 34.2 Å². The van der Waals surface area contributed by atoms with E-state index in [1.165, 1.54) is 0 Å². The molecule has 1 N–H and O–H groups in total. The van der Waals surface area contributed by atoms with E-state index in [9.17, 15) is 0 Å². The summed E-state index contributed by atoms with van der Waals surface area (Å²) in [5, 5.41) is 0. The molecular formula is C18H15N5. The van der Waals surface area contributed by atoms with Gasteiger partial charge in [0.05, 0.1) is 11.9 Å². The van der Waals surface area contributed by atoms with E-state index in [2.05, 4.69) is 32.1 Å². The standard InChI is InChI=1S/C18H15N5/c1-23-10-9-20-18(23)14-7-8-19-15(11-14)17-21-12-16(22-17)13-5-3-2-4-6-13/h2-12H,1H3,(H,21,22). The number of hydrogen-bond donors (Lipinski definition) is 1. The van der Waals surface area contributed by atoms with E-state index in [0.29, 0.717) is 0 Å². The minimum Gasteiger partial charge on any atom is -0.337 e. The number of nitrogens with zero attached hydrogens (tertiary/aromatic N) is 4. The van der Waals surface area contributed by atoms with Gasteiger partial charge in [0.15, 0.2) is 5.82 Å². The van der Waals surface area contributed by atoms with Crippen LogP contribution in [0, 0.1) is 0 Å². The normalized spacial score (nSPS) is 10.8. The highest BCUT2D eigenvalue weighted by atomic mass is 15.0. The summed E-state index contributed by atoms with van der Waals surface area (Å²) >= 11 is 0. The van der Waals surface area contributed by atoms with Crippen molar-refractivity contribution in [2.24, 2.45) is 7.05 Å². The number of pyridine rings is 1. The molecule has 1 aromatic carbocycles. The van der Waals surface area contributed by atoms with Crippen molar-refractivity contribution in [1.82, 2.24) is 24.5 Å². The van der Waals surface area contributed by atoms with Crippen molar-refractivity contribution >= 4 is 0 Å². The lowest BCUT2D eigenvalue weighted by Gasteiger charge is -2.03. The summed E-state index contributed by atoms with van der Waals surface area (Å²) in [4.78, 5) is 16.6. The fourth-order valence-electron chi connectivity index (χ4n) is 2.56. The van der Waals surface area contributed by atoms with Crippen LogP contribution in [0.15, 0.2) is 67.3 Å². The predicted octanol–water partition coefficient (Wildman–Crippen LogP) is 3.54. The summed E-state index contributed by atoms with van der Waals surface area (Å²) in [6.07, 6.45) is 7.33. The van der Waals surface area contributed by atoms with Crippen LogP contribution in [-0.2, 0) is 7.05 Å². The first-order valence-corrected chi connectivity index (χ1v) is 7.36. The molecule has 0 saturated heterocycles. The Bertz CT molecular complexity index is 937. The Hall–Kier alpha value is -3.21. The number of nitrogens with one attached hydrogen (secondary N) is 1. The van der Waals surface area contributed by atoms with Crippen molar-refractivity contribution in [2.45, 2.75) is 0 Å². The van der Waals surface area contributed by atoms with E-state index in [1.807, 2.05) is 54.3 Å². The topological polar surface area (TPSA) is 59.4 Å². The van der Waals surface area contributed by atoms with Crippen molar-refractivity contribution < 1.29 is 0 Å². The molecule has 112 valence electrons. The zero-order chi connectivity index (χ0) is 15.6. The van der Waals surface area contributed by atoms with Gasteiger partial charge in [0.2, 0.25) is 0 Å². The van der Waals surface area contributed by atoms with E-state index in [1.54, 1.807) is 12.4 Å². The number of aryl methyl sites for hydroxylation is 1. The molecule has 0 aliphatic rings. The maximum atomic E-state index is 4.46. The number of rotatable bonds is 3. The molecule has 23 heavy (non-hydrogen) atoms. The van der Waals surface area contributed by atoms with Crippen LogP contribution in [0.3, 0.4) is 0 Å². The molecule has 0 aliphatic carbocycles. The Kier molecular flexibility index (Phi) is 3.24. The molecule has 0 fully saturated rings. The molecule has 5 nitrogen and oxygen atoms in total. The monoisotopic (exact) mass is 301 g/mol. The molecule has 4 rings (SSSR count). The summed E-state index contributed by atoms with van der Waals surface area (Å²) in [6.45, 7) is 0. The predicted molar refractivity (Wildman–Crippen MR) is 89.5 cm³/mol. The molecule has 0 spiro atoms. The van der Waals surface area contributed by atoms with Crippen LogP contribution in [0.2, 0.25) is 0 Å². The summed E-state index contributed by atoms with van der Waals surface area (Å²) in [5.41, 5.74) is 3.89. The van der Waals surface area contributed by atoms with Crippen molar-refractivity contribution in [3.05, 3.63) is 67.3 Å². The Labute approximate surface area is 133 Å². The maximum absolute atomic E-state index is 4.46. The third kappa shape index (κ3) is 2.53. The number of aromatic nitrogens is 5. The lowest BCUT2D eigenvalue weighted by atomic mass is 10.2. The van der Waals surface area contributed by atoms with Gasteiger partial charge >= 0.3 is 0 Å². The Balaban J connectivity index is 1.72. The summed E-state index contributed by atoms with van der Waals surface area (Å²) in [5.74, 6) is 1.66. The third-order valence-electron chi connectivity index (χ3n) is 3.74. The zero-order valence-corrected chi connectivity index (χ0v) is 12.6. The fraction of sp³-hybridized carbons (Fsp3) is 0.0556. The first-order valence-electron chi connectivity index (χ1n) is 7.36. The molecule has 0 atom stereocenters. The van der Waals surface area contributed by atoms with Gasteiger partial charge in [-0.25, -0.2) is 9.97 Å². The minimum absolute atomic E-state index is 0.750. The van der Waals surface area contributed by atoms with Gasteiger partial charge in [-0.2, -0.15) is 0 Å². The highest BCUT2D eigenvalue weighted by molar-refractivity contribution is 5.66. The molecule has 0 radical (unpaired) electrons. The van der Waals surface area contributed by atoms with Crippen molar-refractivity contribution in [3.8, 4) is 34.2 Å². The van der Waals surface area contributed by atoms with Gasteiger partial charge in [-0.1, -0.05) is 30.3 Å². The number of benzene rings is 1. The fourth-order valence-corrected chi connectivity index (χ4v) is 2.56. The lowest BCUT2D eigenvalue weighted by molar-refractivity contribution is 0.924. The number of H-pyrrole nitrogens is 1. The van der Waals surface area contributed by atoms with Gasteiger partial charge < -0.3 is 9.55 Å². The van der Waals surface area contributed by atoms with Crippen molar-refractivity contribution in [3.63, 3.8) is 0 Å². The minimum atomic E-state index is 0.750. The smallest absolute Gasteiger partial charge is 0.156 e. The highest BCUT2D eigenvalue weighted by Gasteiger charge is 2.09. The van der Waals surface area contributed by atoms with Crippen LogP contribution in [-0.4, -0.2) is 24.5 Å². The van der Waals surface area contributed by atoms with E-state index < -0.39 is 0 Å². The number of hydrogen-bond acceptors (Lipinski definition) is 3. The van der Waals surface area contributed by atoms with Gasteiger partial charge in [-0.15, -0.1) is 0 Å². The largest absolute Gasteiger partial charge is 0.337 e. The molecule has 0 amide bonds. The van der Waals surface area contributed by atoms with Crippen LogP contribution in [0.5, 0.6) is 0 Å². The Morgan fingerprint density at radius 1 is 0.913 bits per heavy atom. The average molecular weight is 301 g/mol. The molecule has 0 saturated carbocycles. The van der Waals surface area contributed by atoms with E-state index in [4.69, 9.17) is 0 Å². The molecule has 4 aromatic rings. The second kappa shape index (κ2) is 5.53. The van der Waals surface area contributed by atoms with Gasteiger partial charge in [-0.05, 0) is 17.7 Å². The van der Waals surface area contributed by atoms with Crippen LogP contribution in [0.25, 0.3) is 34.2 Å². The van der Waals surface area contributed by atoms with Crippen LogP contribution >= 0.6 is 0 Å². The van der Waals surface area contributed by atoms with Crippen LogP contribution in [0.4, 0.5) is 0 Å². The second-order valence-corrected chi connectivity index (χ2v) is 5.30. The van der Waals surface area contributed by atoms with Gasteiger partial charge in [0, 0.05) is 31.2 Å². The molecule has 5 heteroatoms. The molecule has 0 unspecified atom stereocenters. The summed E-state index contributed by atoms with van der Waals surface area (Å²) in [6, 6.07) is 14.1. The first-order chi connectivity index (χ1) is 11.3. The summed E-state index contributed by atoms with van der Waals surface area (Å²) in [7, 11) is 1.98. The summed E-state index contributed by atoms with van der Waals surface area (Å²) < 4.78 is 1.98. The SMILES string of the molecule is Cn1ccnc1-c1ccnc(-c2ncc(-c3ccccc3)[nH]2)c1. The average Bonchev–Trinajstić information content (AvgIpc) is 3.25. The molecule has 0 aliphatic heterocycles. The van der Waals surface area contributed by atoms with Gasteiger partial charge in [-0.3, -0.25) is 4.98 Å². The molecular weight excluding hydrogens is 286 g/mol. The quantitative estimate of drug-likeness (QED) is 0.629. The van der Waals surface area contributed by atoms with Gasteiger partial charge in [0.25, 0.3) is 0 Å². The first kappa shape index (κ1) is 13.5. The van der Waals surface area contributed by atoms with Crippen molar-refractivity contribution in [1.29, 1.82) is 0 Å². The van der Waals surface area contributed by atoms with E-state index in [-0.39, 0.29) is 0 Å². The molecule has 3 aromatic heterocycles. The molecule has 3 heterocycles. The number of aromatic amines is 1. The lowest BCUT2D eigenvalue weighted by Crippen LogP contribution is -1.93. The van der Waals surface area contributed by atoms with E-state index >= 15 is 0 Å². The zero-order valence-electron chi connectivity index (χ0n) is 12.6. The Morgan fingerprint density at radius 2 is 1.78 bits per heavy atom. The van der Waals surface area contributed by atoms with Gasteiger partial charge in [0.1, 0.15) is 11.5 Å². The second-order valence-electron chi connectivity index (χ2n) is 5.30. The Morgan fingerprint density at radius 3 is 2.57 bits per heavy atom. The van der Waals surface area contributed by atoms with Crippen LogP contribution < -0.4 is 0 Å². The van der Waals surface area contributed by atoms with Crippen molar-refractivity contribution in [2.75, 3.05) is 0 Å². The third-order valence-corrected chi connectivity index (χ3v) is 3.74. The maximum Gasteiger partial charge on any atom is 0.156 e. The highest BCUT2D eigenvalue weighted by Crippen LogP contribution is 2.24. The van der Waals surface area contributed by atoms with Crippen LogP contribution in [0.1, 0.15) is 0 Å². The number of imidazole rings is 2. The molecule has 0 bridgehead atoms.